The van der Waals surface area contributed by atoms with Crippen molar-refractivity contribution in [3.8, 4) is 0 Å². The maximum absolute atomic E-state index is 12.1. The van der Waals surface area contributed by atoms with Crippen LogP contribution in [0.2, 0.25) is 5.02 Å². The van der Waals surface area contributed by atoms with E-state index in [1.165, 1.54) is 0 Å². The van der Waals surface area contributed by atoms with Crippen molar-refractivity contribution in [1.82, 2.24) is 15.5 Å². The molecule has 118 valence electrons. The van der Waals surface area contributed by atoms with Crippen molar-refractivity contribution in [2.24, 2.45) is 5.92 Å². The zero-order valence-electron chi connectivity index (χ0n) is 12.4. The van der Waals surface area contributed by atoms with Crippen LogP contribution in [0.3, 0.4) is 0 Å². The first-order valence-corrected chi connectivity index (χ1v) is 7.39. The fraction of sp³-hybridized carbons (Fsp3) is 0.400. The fourth-order valence-electron chi connectivity index (χ4n) is 2.19. The number of rotatable bonds is 5. The molecule has 4 amide bonds. The zero-order valence-corrected chi connectivity index (χ0v) is 13.2. The van der Waals surface area contributed by atoms with Crippen LogP contribution in [0.1, 0.15) is 19.4 Å². The van der Waals surface area contributed by atoms with Gasteiger partial charge < -0.3 is 10.6 Å². The normalized spacial score (nSPS) is 17.8. The topological polar surface area (TPSA) is 78.5 Å². The van der Waals surface area contributed by atoms with Crippen molar-refractivity contribution < 1.29 is 14.4 Å². The third-order valence-corrected chi connectivity index (χ3v) is 3.64. The molecule has 1 saturated heterocycles. The Bertz CT molecular complexity index is 603. The molecule has 1 heterocycles. The lowest BCUT2D eigenvalue weighted by atomic mass is 10.1. The number of benzene rings is 1. The van der Waals surface area contributed by atoms with E-state index in [0.717, 1.165) is 10.5 Å². The summed E-state index contributed by atoms with van der Waals surface area (Å²) in [7, 11) is 0. The molecule has 1 unspecified atom stereocenters. The van der Waals surface area contributed by atoms with Crippen molar-refractivity contribution in [3.05, 3.63) is 34.9 Å². The monoisotopic (exact) mass is 323 g/mol. The number of halogens is 1. The second-order valence-corrected chi connectivity index (χ2v) is 5.94. The van der Waals surface area contributed by atoms with E-state index in [1.54, 1.807) is 18.2 Å². The molecule has 1 aliphatic heterocycles. The van der Waals surface area contributed by atoms with Crippen molar-refractivity contribution in [3.63, 3.8) is 0 Å². The van der Waals surface area contributed by atoms with Gasteiger partial charge in [-0.25, -0.2) is 4.79 Å². The minimum Gasteiger partial charge on any atom is -0.350 e. The van der Waals surface area contributed by atoms with Crippen LogP contribution >= 0.6 is 11.6 Å². The molecule has 0 radical (unpaired) electrons. The highest BCUT2D eigenvalue weighted by Gasteiger charge is 2.40. The predicted octanol–water partition coefficient (Wildman–Crippen LogP) is 1.53. The Morgan fingerprint density at radius 2 is 2.14 bits per heavy atom. The summed E-state index contributed by atoms with van der Waals surface area (Å²) >= 11 is 5.86. The van der Waals surface area contributed by atoms with Gasteiger partial charge in [-0.05, 0) is 23.6 Å². The molecule has 0 bridgehead atoms. The van der Waals surface area contributed by atoms with Crippen molar-refractivity contribution >= 4 is 29.4 Å². The number of imide groups is 1. The average molecular weight is 324 g/mol. The van der Waals surface area contributed by atoms with Gasteiger partial charge in [-0.1, -0.05) is 37.6 Å². The van der Waals surface area contributed by atoms with Crippen LogP contribution in [0.5, 0.6) is 0 Å². The molecule has 1 fully saturated rings. The summed E-state index contributed by atoms with van der Waals surface area (Å²) in [6, 6.07) is 6.01. The number of urea groups is 1. The summed E-state index contributed by atoms with van der Waals surface area (Å²) in [6.07, 6.45) is 0. The van der Waals surface area contributed by atoms with Crippen LogP contribution in [0.4, 0.5) is 4.79 Å². The largest absolute Gasteiger partial charge is 0.350 e. The summed E-state index contributed by atoms with van der Waals surface area (Å²) in [5, 5.41) is 5.83. The summed E-state index contributed by atoms with van der Waals surface area (Å²) in [6.45, 7) is 3.68. The lowest BCUT2D eigenvalue weighted by Crippen LogP contribution is -2.41. The quantitative estimate of drug-likeness (QED) is 0.807. The van der Waals surface area contributed by atoms with Gasteiger partial charge in [0.15, 0.2) is 0 Å². The number of carbonyl (C=O) groups is 3. The van der Waals surface area contributed by atoms with Gasteiger partial charge in [-0.2, -0.15) is 0 Å². The average Bonchev–Trinajstić information content (AvgIpc) is 2.73. The highest BCUT2D eigenvalue weighted by atomic mass is 35.5. The highest BCUT2D eigenvalue weighted by molar-refractivity contribution is 6.30. The van der Waals surface area contributed by atoms with Gasteiger partial charge in [0.2, 0.25) is 5.91 Å². The summed E-state index contributed by atoms with van der Waals surface area (Å²) in [4.78, 5) is 36.7. The van der Waals surface area contributed by atoms with E-state index in [9.17, 15) is 14.4 Å². The lowest BCUT2D eigenvalue weighted by molar-refractivity contribution is -0.132. The predicted molar refractivity (Wildman–Crippen MR) is 82.2 cm³/mol. The van der Waals surface area contributed by atoms with Gasteiger partial charge in [-0.15, -0.1) is 0 Å². The number of amides is 4. The molecule has 1 aromatic carbocycles. The maximum atomic E-state index is 12.1. The van der Waals surface area contributed by atoms with Gasteiger partial charge in [0.25, 0.3) is 5.91 Å². The minimum absolute atomic E-state index is 0.0176. The number of nitrogens with one attached hydrogen (secondary N) is 2. The van der Waals surface area contributed by atoms with E-state index in [0.29, 0.717) is 5.02 Å². The zero-order chi connectivity index (χ0) is 16.3. The fourth-order valence-corrected chi connectivity index (χ4v) is 2.40. The van der Waals surface area contributed by atoms with E-state index in [1.807, 2.05) is 19.9 Å². The molecule has 2 N–H and O–H groups in total. The number of carbonyl (C=O) groups excluding carboxylic acids is 3. The number of hydrogen-bond donors (Lipinski definition) is 2. The molecule has 0 saturated carbocycles. The van der Waals surface area contributed by atoms with Crippen LogP contribution < -0.4 is 10.6 Å². The Kier molecular flexibility index (Phi) is 5.03. The van der Waals surface area contributed by atoms with Crippen LogP contribution in [0, 0.1) is 5.92 Å². The van der Waals surface area contributed by atoms with Gasteiger partial charge in [0.1, 0.15) is 12.6 Å². The van der Waals surface area contributed by atoms with Crippen LogP contribution in [-0.4, -0.2) is 35.3 Å². The molecule has 1 aliphatic rings. The Labute approximate surface area is 133 Å². The first kappa shape index (κ1) is 16.3. The first-order chi connectivity index (χ1) is 10.4. The van der Waals surface area contributed by atoms with E-state index in [4.69, 9.17) is 11.6 Å². The molecule has 2 rings (SSSR count). The second-order valence-electron chi connectivity index (χ2n) is 5.50. The molecule has 0 aromatic heterocycles. The molecule has 7 heteroatoms. The Morgan fingerprint density at radius 3 is 2.73 bits per heavy atom. The van der Waals surface area contributed by atoms with Crippen LogP contribution in [-0.2, 0) is 16.1 Å². The summed E-state index contributed by atoms with van der Waals surface area (Å²) in [5.41, 5.74) is 0.845. The van der Waals surface area contributed by atoms with Gasteiger partial charge >= 0.3 is 6.03 Å². The van der Waals surface area contributed by atoms with Crippen molar-refractivity contribution in [1.29, 1.82) is 0 Å². The van der Waals surface area contributed by atoms with Crippen molar-refractivity contribution in [2.75, 3.05) is 6.54 Å². The summed E-state index contributed by atoms with van der Waals surface area (Å²) in [5.74, 6) is -0.776. The van der Waals surface area contributed by atoms with Gasteiger partial charge in [0, 0.05) is 11.6 Å². The molecule has 0 spiro atoms. The van der Waals surface area contributed by atoms with Gasteiger partial charge in [0.05, 0.1) is 0 Å². The molecule has 22 heavy (non-hydrogen) atoms. The van der Waals surface area contributed by atoms with E-state index >= 15 is 0 Å². The number of hydrogen-bond acceptors (Lipinski definition) is 3. The van der Waals surface area contributed by atoms with E-state index in [2.05, 4.69) is 10.6 Å². The molecule has 0 aliphatic carbocycles. The van der Waals surface area contributed by atoms with Crippen molar-refractivity contribution in [2.45, 2.75) is 26.4 Å². The molecular formula is C15H18ClN3O3. The Balaban J connectivity index is 1.89. The molecule has 1 aromatic rings. The smallest absolute Gasteiger partial charge is 0.325 e. The van der Waals surface area contributed by atoms with Gasteiger partial charge in [-0.3, -0.25) is 14.5 Å². The molecule has 1 atom stereocenters. The lowest BCUT2D eigenvalue weighted by Gasteiger charge is -2.14. The van der Waals surface area contributed by atoms with Crippen LogP contribution in [0.25, 0.3) is 0 Å². The molecule has 6 nitrogen and oxygen atoms in total. The third-order valence-electron chi connectivity index (χ3n) is 3.40. The second kappa shape index (κ2) is 6.79. The summed E-state index contributed by atoms with van der Waals surface area (Å²) < 4.78 is 0. The Hall–Kier alpha value is -2.08. The van der Waals surface area contributed by atoms with E-state index in [-0.39, 0.29) is 24.9 Å². The minimum atomic E-state index is -0.562. The van der Waals surface area contributed by atoms with E-state index < -0.39 is 18.0 Å². The highest BCUT2D eigenvalue weighted by Crippen LogP contribution is 2.13. The Morgan fingerprint density at radius 1 is 1.41 bits per heavy atom. The third kappa shape index (κ3) is 3.76. The standard InChI is InChI=1S/C15H18ClN3O3/c1-9(2)13-14(21)19(15(22)18-13)8-12(20)17-7-10-4-3-5-11(16)6-10/h3-6,9,13H,7-8H2,1-2H3,(H,17,20)(H,18,22). The SMILES string of the molecule is CC(C)C1NC(=O)N(CC(=O)NCc2cccc(Cl)c2)C1=O. The number of nitrogens with zero attached hydrogens (tertiary/aromatic N) is 1. The molecular weight excluding hydrogens is 306 g/mol. The van der Waals surface area contributed by atoms with Crippen LogP contribution in [0.15, 0.2) is 24.3 Å². The first-order valence-electron chi connectivity index (χ1n) is 7.01. The maximum Gasteiger partial charge on any atom is 0.325 e.